The fourth-order valence-electron chi connectivity index (χ4n) is 4.25. The van der Waals surface area contributed by atoms with Crippen molar-refractivity contribution < 1.29 is 37.3 Å². The van der Waals surface area contributed by atoms with Gasteiger partial charge in [-0.05, 0) is 41.8 Å². The minimum atomic E-state index is -4.59. The number of carboxylic acids is 1. The molecule has 0 saturated heterocycles. The van der Waals surface area contributed by atoms with Crippen LogP contribution in [0.2, 0.25) is 5.02 Å². The molecule has 4 rings (SSSR count). The molecule has 3 aromatic rings. The number of hydrogen-bond donors (Lipinski definition) is 1. The fraction of sp³-hybridized carbons (Fsp3) is 0.231. The molecule has 3 aromatic carbocycles. The first-order valence-corrected chi connectivity index (χ1v) is 11.3. The average Bonchev–Trinajstić information content (AvgIpc) is 2.85. The zero-order valence-electron chi connectivity index (χ0n) is 18.8. The van der Waals surface area contributed by atoms with E-state index < -0.39 is 43.1 Å². The predicted octanol–water partition coefficient (Wildman–Crippen LogP) is 6.11. The minimum Gasteiger partial charge on any atom is -0.482 e. The number of benzene rings is 3. The summed E-state index contributed by atoms with van der Waals surface area (Å²) in [6, 6.07) is 16.1. The summed E-state index contributed by atoms with van der Waals surface area (Å²) in [5.74, 6) is -0.969. The van der Waals surface area contributed by atoms with E-state index >= 15 is 0 Å². The highest BCUT2D eigenvalue weighted by Gasteiger charge is 2.36. The molecule has 1 unspecified atom stereocenters. The normalized spacial score (nSPS) is 15.2. The van der Waals surface area contributed by atoms with Crippen LogP contribution in [-0.2, 0) is 28.7 Å². The van der Waals surface area contributed by atoms with Crippen LogP contribution in [0.4, 0.5) is 18.0 Å². The maximum absolute atomic E-state index is 13.4. The lowest BCUT2D eigenvalue weighted by molar-refractivity contribution is -0.139. The van der Waals surface area contributed by atoms with Gasteiger partial charge in [0.2, 0.25) is 0 Å². The summed E-state index contributed by atoms with van der Waals surface area (Å²) in [4.78, 5) is 25.7. The van der Waals surface area contributed by atoms with Gasteiger partial charge in [0, 0.05) is 22.7 Å². The van der Waals surface area contributed by atoms with Crippen LogP contribution < -0.4 is 4.74 Å². The van der Waals surface area contributed by atoms with Crippen LogP contribution in [0.5, 0.6) is 5.75 Å². The average molecular weight is 520 g/mol. The first-order chi connectivity index (χ1) is 17.1. The third kappa shape index (κ3) is 5.57. The van der Waals surface area contributed by atoms with E-state index in [1.54, 1.807) is 12.1 Å². The summed E-state index contributed by atoms with van der Waals surface area (Å²) in [6.07, 6.45) is -4.92. The molecule has 0 saturated carbocycles. The van der Waals surface area contributed by atoms with Gasteiger partial charge in [0.05, 0.1) is 11.6 Å². The van der Waals surface area contributed by atoms with Crippen molar-refractivity contribution in [2.24, 2.45) is 0 Å². The van der Waals surface area contributed by atoms with Crippen LogP contribution in [0.25, 0.3) is 0 Å². The number of nitrogens with zero attached hydrogens (tertiary/aromatic N) is 1. The zero-order chi connectivity index (χ0) is 25.9. The second-order valence-electron chi connectivity index (χ2n) is 8.12. The number of rotatable bonds is 6. The molecule has 0 aliphatic carbocycles. The van der Waals surface area contributed by atoms with Gasteiger partial charge in [-0.25, -0.2) is 9.59 Å². The van der Waals surface area contributed by atoms with Gasteiger partial charge in [-0.3, -0.25) is 4.90 Å². The van der Waals surface area contributed by atoms with Crippen LogP contribution in [-0.4, -0.2) is 35.2 Å². The highest BCUT2D eigenvalue weighted by Crippen LogP contribution is 2.41. The summed E-state index contributed by atoms with van der Waals surface area (Å²) in [6.45, 7) is -0.967. The molecule has 10 heteroatoms. The number of ether oxygens (including phenoxy) is 2. The number of alkyl halides is 3. The van der Waals surface area contributed by atoms with Crippen LogP contribution in [0.1, 0.15) is 33.9 Å². The summed E-state index contributed by atoms with van der Waals surface area (Å²) < 4.78 is 50.9. The molecule has 1 amide bonds. The Morgan fingerprint density at radius 3 is 2.50 bits per heavy atom. The molecule has 0 spiro atoms. The van der Waals surface area contributed by atoms with Gasteiger partial charge in [0.25, 0.3) is 0 Å². The van der Waals surface area contributed by atoms with E-state index in [1.807, 2.05) is 18.2 Å². The number of carbonyl (C=O) groups is 2. The van der Waals surface area contributed by atoms with Crippen molar-refractivity contribution in [1.82, 2.24) is 4.90 Å². The van der Waals surface area contributed by atoms with Crippen molar-refractivity contribution >= 4 is 23.7 Å². The van der Waals surface area contributed by atoms with E-state index in [9.17, 15) is 22.8 Å². The highest BCUT2D eigenvalue weighted by atomic mass is 35.5. The fourth-order valence-corrected chi connectivity index (χ4v) is 4.43. The zero-order valence-corrected chi connectivity index (χ0v) is 19.6. The van der Waals surface area contributed by atoms with Crippen LogP contribution in [0, 0.1) is 0 Å². The molecule has 1 atom stereocenters. The van der Waals surface area contributed by atoms with E-state index in [4.69, 9.17) is 26.2 Å². The van der Waals surface area contributed by atoms with Gasteiger partial charge in [-0.15, -0.1) is 0 Å². The van der Waals surface area contributed by atoms with Crippen molar-refractivity contribution in [3.8, 4) is 5.75 Å². The van der Waals surface area contributed by atoms with E-state index in [0.29, 0.717) is 17.0 Å². The van der Waals surface area contributed by atoms with Gasteiger partial charge < -0.3 is 14.6 Å². The maximum Gasteiger partial charge on any atom is 0.416 e. The van der Waals surface area contributed by atoms with Crippen molar-refractivity contribution in [1.29, 1.82) is 0 Å². The maximum atomic E-state index is 13.4. The minimum absolute atomic E-state index is 0.166. The number of fused-ring (bicyclic) bond motifs is 1. The van der Waals surface area contributed by atoms with Crippen LogP contribution in [0.15, 0.2) is 66.7 Å². The Bertz CT molecular complexity index is 1280. The molecule has 36 heavy (non-hydrogen) atoms. The lowest BCUT2D eigenvalue weighted by atomic mass is 9.88. The van der Waals surface area contributed by atoms with Gasteiger partial charge in [-0.1, -0.05) is 54.1 Å². The van der Waals surface area contributed by atoms with Gasteiger partial charge in [0.15, 0.2) is 6.61 Å². The SMILES string of the molecule is O=C(O)COc1ccc(Cl)cc1C1c2ccccc2CCN1C(=O)OCc1ccccc1C(F)(F)F. The molecule has 0 fully saturated rings. The van der Waals surface area contributed by atoms with Crippen molar-refractivity contribution in [3.63, 3.8) is 0 Å². The lowest BCUT2D eigenvalue weighted by Gasteiger charge is -2.37. The molecule has 1 N–H and O–H groups in total. The molecule has 188 valence electrons. The second-order valence-corrected chi connectivity index (χ2v) is 8.56. The first kappa shape index (κ1) is 25.4. The number of aliphatic carboxylic acids is 1. The number of carboxylic acid groups (broad SMARTS) is 1. The quantitative estimate of drug-likeness (QED) is 0.425. The molecular formula is C26H21ClF3NO5. The number of amides is 1. The van der Waals surface area contributed by atoms with Gasteiger partial charge >= 0.3 is 18.2 Å². The largest absolute Gasteiger partial charge is 0.482 e. The molecule has 1 aliphatic rings. The molecule has 1 aliphatic heterocycles. The lowest BCUT2D eigenvalue weighted by Crippen LogP contribution is -2.41. The van der Waals surface area contributed by atoms with Crippen LogP contribution in [0.3, 0.4) is 0 Å². The molecule has 6 nitrogen and oxygen atoms in total. The summed E-state index contributed by atoms with van der Waals surface area (Å²) in [7, 11) is 0. The van der Waals surface area contributed by atoms with E-state index in [1.165, 1.54) is 35.2 Å². The molecular weight excluding hydrogens is 499 g/mol. The first-order valence-electron chi connectivity index (χ1n) is 11.0. The molecule has 1 heterocycles. The smallest absolute Gasteiger partial charge is 0.416 e. The summed E-state index contributed by atoms with van der Waals surface area (Å²) in [5.41, 5.74) is 1.10. The van der Waals surface area contributed by atoms with Crippen molar-refractivity contribution in [2.75, 3.05) is 13.2 Å². The predicted molar refractivity (Wildman–Crippen MR) is 125 cm³/mol. The molecule has 0 bridgehead atoms. The Hall–Kier alpha value is -3.72. The number of halogens is 4. The Morgan fingerprint density at radius 1 is 1.03 bits per heavy atom. The summed E-state index contributed by atoms with van der Waals surface area (Å²) in [5, 5.41) is 9.41. The second kappa shape index (κ2) is 10.5. The van der Waals surface area contributed by atoms with E-state index in [-0.39, 0.29) is 17.9 Å². The van der Waals surface area contributed by atoms with E-state index in [2.05, 4.69) is 0 Å². The highest BCUT2D eigenvalue weighted by molar-refractivity contribution is 6.30. The van der Waals surface area contributed by atoms with Crippen molar-refractivity contribution in [3.05, 3.63) is 99.6 Å². The van der Waals surface area contributed by atoms with Crippen LogP contribution >= 0.6 is 11.6 Å². The Balaban J connectivity index is 1.68. The Kier molecular flexibility index (Phi) is 7.40. The summed E-state index contributed by atoms with van der Waals surface area (Å²) >= 11 is 6.24. The third-order valence-electron chi connectivity index (χ3n) is 5.81. The van der Waals surface area contributed by atoms with Gasteiger partial charge in [0.1, 0.15) is 12.4 Å². The van der Waals surface area contributed by atoms with E-state index in [0.717, 1.165) is 17.2 Å². The van der Waals surface area contributed by atoms with Crippen molar-refractivity contribution in [2.45, 2.75) is 25.2 Å². The standard InChI is InChI=1S/C26H21ClF3NO5/c27-18-9-10-22(35-15-23(32)33)20(13-18)24-19-7-3-1-5-16(19)11-12-31(24)25(34)36-14-17-6-2-4-8-21(17)26(28,29)30/h1-10,13,24H,11-12,14-15H2,(H,32,33). The van der Waals surface area contributed by atoms with Gasteiger partial charge in [-0.2, -0.15) is 13.2 Å². The molecule has 0 radical (unpaired) electrons. The topological polar surface area (TPSA) is 76.1 Å². The Morgan fingerprint density at radius 2 is 1.75 bits per heavy atom. The molecule has 0 aromatic heterocycles. The number of carbonyl (C=O) groups excluding carboxylic acids is 1. The third-order valence-corrected chi connectivity index (χ3v) is 6.04. The monoisotopic (exact) mass is 519 g/mol. The number of hydrogen-bond acceptors (Lipinski definition) is 4. The Labute approximate surface area is 209 Å².